The molecule has 0 amide bonds. The minimum Gasteiger partial charge on any atom is -0.400 e. The zero-order valence-corrected chi connectivity index (χ0v) is 26.7. The number of hydrogen-bond donors (Lipinski definition) is 6. The summed E-state index contributed by atoms with van der Waals surface area (Å²) >= 11 is 0. The van der Waals surface area contributed by atoms with Crippen LogP contribution in [0.15, 0.2) is 58.2 Å². The number of benzene rings is 1. The molecule has 1 aromatic carbocycles. The standard InChI is InChI=1S/C28H51N9O4S/c1-27(2,3)33-15-24(29)18-36(21-26(35-31)16-34-28(4,5)6)19-25(30)20-37(32)17-23-12-10-22(11-13-23)9-7-8-14-41-42(38,39)40/h10-13,15-16,20,33H,7-9,14,17-19,21,29-32H2,1-6H3,(H,38,39,40)/b24-15-,25-20-,34-16?,35-26?. The van der Waals surface area contributed by atoms with Crippen LogP contribution in [0.25, 0.3) is 0 Å². The van der Waals surface area contributed by atoms with Crippen molar-refractivity contribution in [1.29, 1.82) is 0 Å². The summed E-state index contributed by atoms with van der Waals surface area (Å²) in [6.07, 6.45) is 7.13. The predicted octanol–water partition coefficient (Wildman–Crippen LogP) is 1.98. The number of nitrogens with zero attached hydrogens (tertiary/aromatic N) is 4. The minimum atomic E-state index is -4.39. The first-order valence-electron chi connectivity index (χ1n) is 13.8. The Kier molecular flexibility index (Phi) is 15.0. The predicted molar refractivity (Wildman–Crippen MR) is 170 cm³/mol. The second kappa shape index (κ2) is 17.1. The van der Waals surface area contributed by atoms with Crippen molar-refractivity contribution in [2.45, 2.75) is 78.4 Å². The molecule has 10 N–H and O–H groups in total. The van der Waals surface area contributed by atoms with Gasteiger partial charge >= 0.3 is 10.4 Å². The van der Waals surface area contributed by atoms with Crippen molar-refractivity contribution in [3.05, 3.63) is 59.2 Å². The van der Waals surface area contributed by atoms with Gasteiger partial charge in [0.05, 0.1) is 24.4 Å². The van der Waals surface area contributed by atoms with Gasteiger partial charge in [-0.15, -0.1) is 0 Å². The molecular formula is C28H51N9O4S. The number of hydrazone groups is 1. The Morgan fingerprint density at radius 1 is 1.00 bits per heavy atom. The van der Waals surface area contributed by atoms with Crippen molar-refractivity contribution < 1.29 is 17.2 Å². The molecule has 0 bridgehead atoms. The highest BCUT2D eigenvalue weighted by Crippen LogP contribution is 2.11. The Labute approximate surface area is 251 Å². The van der Waals surface area contributed by atoms with E-state index in [2.05, 4.69) is 19.6 Å². The molecule has 0 aliphatic heterocycles. The third kappa shape index (κ3) is 19.0. The molecular weight excluding hydrogens is 558 g/mol. The van der Waals surface area contributed by atoms with Crippen molar-refractivity contribution >= 4 is 22.3 Å². The van der Waals surface area contributed by atoms with Gasteiger partial charge in [-0.2, -0.15) is 13.5 Å². The molecule has 0 saturated carbocycles. The smallest absolute Gasteiger partial charge is 0.397 e. The molecule has 1 aromatic rings. The van der Waals surface area contributed by atoms with Gasteiger partial charge in [0, 0.05) is 55.2 Å². The van der Waals surface area contributed by atoms with Gasteiger partial charge in [0.25, 0.3) is 0 Å². The van der Waals surface area contributed by atoms with Crippen LogP contribution in [-0.2, 0) is 27.5 Å². The summed E-state index contributed by atoms with van der Waals surface area (Å²) in [7, 11) is -4.39. The molecule has 0 heterocycles. The fourth-order valence-corrected chi connectivity index (χ4v) is 3.90. The summed E-state index contributed by atoms with van der Waals surface area (Å²) in [6, 6.07) is 7.95. The van der Waals surface area contributed by atoms with Crippen LogP contribution < -0.4 is 28.5 Å². The lowest BCUT2D eigenvalue weighted by Crippen LogP contribution is -2.39. The SMILES string of the molecule is CC(C)(C)N=CC(CN(C/C(N)=C/NC(C)(C)C)C/C(N)=C/N(N)Cc1ccc(CCCCOS(=O)(=O)O)cc1)=NN. The molecule has 238 valence electrons. The van der Waals surface area contributed by atoms with Crippen molar-refractivity contribution in [3.8, 4) is 0 Å². The van der Waals surface area contributed by atoms with Gasteiger partial charge in [-0.3, -0.25) is 14.4 Å². The van der Waals surface area contributed by atoms with Crippen LogP contribution in [0, 0.1) is 0 Å². The van der Waals surface area contributed by atoms with Gasteiger partial charge < -0.3 is 27.6 Å². The van der Waals surface area contributed by atoms with Gasteiger partial charge in [-0.1, -0.05) is 24.3 Å². The Balaban J connectivity index is 2.83. The van der Waals surface area contributed by atoms with Gasteiger partial charge in [0.2, 0.25) is 0 Å². The Morgan fingerprint density at radius 2 is 1.60 bits per heavy atom. The second-order valence-electron chi connectivity index (χ2n) is 12.2. The van der Waals surface area contributed by atoms with Crippen molar-refractivity contribution in [2.24, 2.45) is 33.2 Å². The number of hydrogen-bond acceptors (Lipinski definition) is 12. The summed E-state index contributed by atoms with van der Waals surface area (Å²) in [6.45, 7) is 13.7. The van der Waals surface area contributed by atoms with Crippen LogP contribution in [0.1, 0.15) is 65.5 Å². The average molecular weight is 610 g/mol. The fraction of sp³-hybridized carbons (Fsp3) is 0.571. The van der Waals surface area contributed by atoms with Crippen LogP contribution in [0.3, 0.4) is 0 Å². The van der Waals surface area contributed by atoms with E-state index in [-0.39, 0.29) is 17.7 Å². The maximum absolute atomic E-state index is 10.6. The Morgan fingerprint density at radius 3 is 2.14 bits per heavy atom. The van der Waals surface area contributed by atoms with Crippen molar-refractivity contribution in [3.63, 3.8) is 0 Å². The molecule has 14 heteroatoms. The Bertz CT molecular complexity index is 1180. The van der Waals surface area contributed by atoms with E-state index in [0.29, 0.717) is 49.7 Å². The zero-order valence-electron chi connectivity index (χ0n) is 25.9. The van der Waals surface area contributed by atoms with Crippen LogP contribution >= 0.6 is 0 Å². The van der Waals surface area contributed by atoms with Gasteiger partial charge in [0.1, 0.15) is 0 Å². The lowest BCUT2D eigenvalue weighted by Gasteiger charge is -2.25. The highest BCUT2D eigenvalue weighted by atomic mass is 32.3. The van der Waals surface area contributed by atoms with Gasteiger partial charge in [0.15, 0.2) is 0 Å². The quantitative estimate of drug-likeness (QED) is 0.0494. The molecule has 42 heavy (non-hydrogen) atoms. The molecule has 0 aliphatic rings. The molecule has 0 aliphatic carbocycles. The Hall–Kier alpha value is -3.17. The topological polar surface area (TPSA) is 211 Å². The monoisotopic (exact) mass is 609 g/mol. The molecule has 0 fully saturated rings. The van der Waals surface area contributed by atoms with Gasteiger partial charge in [-0.25, -0.2) is 10.0 Å². The van der Waals surface area contributed by atoms with Crippen LogP contribution in [0.5, 0.6) is 0 Å². The third-order valence-electron chi connectivity index (χ3n) is 5.47. The molecule has 0 spiro atoms. The van der Waals surface area contributed by atoms with Crippen molar-refractivity contribution in [1.82, 2.24) is 15.2 Å². The van der Waals surface area contributed by atoms with E-state index in [1.54, 1.807) is 18.6 Å². The number of aryl methyl sites for hydroxylation is 1. The largest absolute Gasteiger partial charge is 0.400 e. The summed E-state index contributed by atoms with van der Waals surface area (Å²) in [5.74, 6) is 11.9. The van der Waals surface area contributed by atoms with Gasteiger partial charge in [-0.05, 0) is 71.9 Å². The van der Waals surface area contributed by atoms with E-state index in [4.69, 9.17) is 27.7 Å². The fourth-order valence-electron chi connectivity index (χ4n) is 3.57. The van der Waals surface area contributed by atoms with E-state index in [9.17, 15) is 8.42 Å². The molecule has 0 saturated heterocycles. The number of nitrogens with two attached hydrogens (primary N) is 4. The van der Waals surface area contributed by atoms with Crippen LogP contribution in [0.4, 0.5) is 0 Å². The maximum atomic E-state index is 10.6. The van der Waals surface area contributed by atoms with E-state index < -0.39 is 10.4 Å². The third-order valence-corrected chi connectivity index (χ3v) is 5.93. The minimum absolute atomic E-state index is 0.0498. The number of unbranched alkanes of at least 4 members (excludes halogenated alkanes) is 1. The lowest BCUT2D eigenvalue weighted by atomic mass is 10.1. The first kappa shape index (κ1) is 36.9. The molecule has 1 rings (SSSR count). The van der Waals surface area contributed by atoms with Crippen LogP contribution in [0.2, 0.25) is 0 Å². The maximum Gasteiger partial charge on any atom is 0.397 e. The van der Waals surface area contributed by atoms with E-state index in [1.807, 2.05) is 70.7 Å². The number of rotatable bonds is 17. The zero-order chi connectivity index (χ0) is 32.0. The number of nitrogens with one attached hydrogen (secondary N) is 1. The van der Waals surface area contributed by atoms with Crippen molar-refractivity contribution in [2.75, 3.05) is 26.2 Å². The summed E-state index contributed by atoms with van der Waals surface area (Å²) in [5, 5.41) is 8.70. The first-order valence-corrected chi connectivity index (χ1v) is 15.2. The lowest BCUT2D eigenvalue weighted by molar-refractivity contribution is 0.262. The summed E-state index contributed by atoms with van der Waals surface area (Å²) in [4.78, 5) is 6.52. The molecule has 0 atom stereocenters. The first-order chi connectivity index (χ1) is 19.3. The highest BCUT2D eigenvalue weighted by Gasteiger charge is 2.14. The van der Waals surface area contributed by atoms with E-state index in [0.717, 1.165) is 24.0 Å². The average Bonchev–Trinajstić information content (AvgIpc) is 2.84. The molecule has 0 radical (unpaired) electrons. The number of hydrazine groups is 1. The second-order valence-corrected chi connectivity index (χ2v) is 13.3. The highest BCUT2D eigenvalue weighted by molar-refractivity contribution is 7.80. The summed E-state index contributed by atoms with van der Waals surface area (Å²) < 4.78 is 34.1. The van der Waals surface area contributed by atoms with E-state index >= 15 is 0 Å². The van der Waals surface area contributed by atoms with E-state index in [1.165, 1.54) is 5.01 Å². The summed E-state index contributed by atoms with van der Waals surface area (Å²) in [5.41, 5.74) is 16.1. The number of aliphatic imine (C=N–C) groups is 1. The molecule has 0 aromatic heterocycles. The van der Waals surface area contributed by atoms with Crippen LogP contribution in [-0.4, -0.2) is 72.1 Å². The molecule has 13 nitrogen and oxygen atoms in total. The molecule has 0 unspecified atom stereocenters. The normalized spacial score (nSPS) is 14.2.